The Morgan fingerprint density at radius 2 is 1.93 bits per heavy atom. The molecule has 1 N–H and O–H groups in total. The van der Waals surface area contributed by atoms with Crippen LogP contribution in [0.4, 0.5) is 5.69 Å². The zero-order chi connectivity index (χ0) is 21.5. The van der Waals surface area contributed by atoms with Gasteiger partial charge in [-0.3, -0.25) is 14.6 Å². The molecule has 3 rings (SSSR count). The third-order valence-electron chi connectivity index (χ3n) is 4.54. The van der Waals surface area contributed by atoms with Crippen LogP contribution in [-0.4, -0.2) is 35.9 Å². The van der Waals surface area contributed by atoms with Crippen molar-refractivity contribution >= 4 is 33.4 Å². The van der Waals surface area contributed by atoms with Gasteiger partial charge in [0.05, 0.1) is 13.5 Å². The van der Waals surface area contributed by atoms with E-state index in [2.05, 4.69) is 26.2 Å². The van der Waals surface area contributed by atoms with Crippen molar-refractivity contribution in [2.24, 2.45) is 0 Å². The maximum absolute atomic E-state index is 12.7. The van der Waals surface area contributed by atoms with Gasteiger partial charge in [0, 0.05) is 29.9 Å². The Bertz CT molecular complexity index is 1040. The molecule has 0 bridgehead atoms. The van der Waals surface area contributed by atoms with E-state index in [4.69, 9.17) is 4.74 Å². The lowest BCUT2D eigenvalue weighted by molar-refractivity contribution is -0.129. The summed E-state index contributed by atoms with van der Waals surface area (Å²) in [7, 11) is 3.34. The van der Waals surface area contributed by atoms with Gasteiger partial charge < -0.3 is 15.0 Å². The molecule has 6 nitrogen and oxygen atoms in total. The van der Waals surface area contributed by atoms with E-state index in [0.717, 1.165) is 21.3 Å². The van der Waals surface area contributed by atoms with Crippen molar-refractivity contribution < 1.29 is 14.3 Å². The third-order valence-corrected chi connectivity index (χ3v) is 5.03. The number of halogens is 1. The number of pyridine rings is 1. The first-order chi connectivity index (χ1) is 14.5. The van der Waals surface area contributed by atoms with E-state index in [0.29, 0.717) is 17.9 Å². The molecule has 7 heteroatoms. The predicted molar refractivity (Wildman–Crippen MR) is 120 cm³/mol. The Kier molecular flexibility index (Phi) is 7.19. The minimum absolute atomic E-state index is 0.0368. The summed E-state index contributed by atoms with van der Waals surface area (Å²) in [6.07, 6.45) is 1.83. The van der Waals surface area contributed by atoms with Crippen LogP contribution in [0, 0.1) is 0 Å². The van der Waals surface area contributed by atoms with Crippen LogP contribution in [0.2, 0.25) is 0 Å². The molecule has 154 valence electrons. The molecule has 0 fully saturated rings. The number of hydrogen-bond donors (Lipinski definition) is 1. The van der Waals surface area contributed by atoms with Crippen LogP contribution in [0.5, 0.6) is 5.75 Å². The number of carbonyl (C=O) groups excluding carboxylic acids is 2. The molecular weight excluding hydrogens is 446 g/mol. The van der Waals surface area contributed by atoms with E-state index in [1.807, 2.05) is 36.4 Å². The predicted octanol–water partition coefficient (Wildman–Crippen LogP) is 4.31. The average molecular weight is 468 g/mol. The fourth-order valence-corrected chi connectivity index (χ4v) is 3.34. The summed E-state index contributed by atoms with van der Waals surface area (Å²) in [5.74, 6) is 0.379. The van der Waals surface area contributed by atoms with Gasteiger partial charge in [0.2, 0.25) is 5.91 Å². The summed E-state index contributed by atoms with van der Waals surface area (Å²) in [5.41, 5.74) is 2.66. The van der Waals surface area contributed by atoms with Gasteiger partial charge in [-0.05, 0) is 53.6 Å². The number of rotatable bonds is 7. The van der Waals surface area contributed by atoms with Gasteiger partial charge in [-0.25, -0.2) is 0 Å². The highest BCUT2D eigenvalue weighted by atomic mass is 79.9. The number of nitrogens with zero attached hydrogens (tertiary/aromatic N) is 2. The number of nitrogens with one attached hydrogen (secondary N) is 1. The molecule has 30 heavy (non-hydrogen) atoms. The van der Waals surface area contributed by atoms with Crippen LogP contribution in [0.1, 0.15) is 21.6 Å². The van der Waals surface area contributed by atoms with E-state index < -0.39 is 0 Å². The second-order valence-electron chi connectivity index (χ2n) is 6.75. The number of aromatic nitrogens is 1. The van der Waals surface area contributed by atoms with Gasteiger partial charge in [-0.2, -0.15) is 0 Å². The molecule has 0 aliphatic carbocycles. The topological polar surface area (TPSA) is 71.5 Å². The summed E-state index contributed by atoms with van der Waals surface area (Å²) in [5, 5.41) is 2.89. The highest BCUT2D eigenvalue weighted by Gasteiger charge is 2.15. The van der Waals surface area contributed by atoms with Crippen molar-refractivity contribution in [3.8, 4) is 5.75 Å². The van der Waals surface area contributed by atoms with Crippen LogP contribution in [0.25, 0.3) is 0 Å². The molecule has 3 aromatic rings. The lowest BCUT2D eigenvalue weighted by Crippen LogP contribution is -2.28. The molecule has 1 aromatic heterocycles. The Morgan fingerprint density at radius 3 is 2.67 bits per heavy atom. The molecular formula is C23H22BrN3O3. The number of hydrogen-bond acceptors (Lipinski definition) is 4. The molecule has 0 saturated carbocycles. The fourth-order valence-electron chi connectivity index (χ4n) is 2.93. The van der Waals surface area contributed by atoms with Crippen molar-refractivity contribution in [1.29, 1.82) is 0 Å². The quantitative estimate of drug-likeness (QED) is 0.561. The number of anilines is 1. The van der Waals surface area contributed by atoms with E-state index in [9.17, 15) is 9.59 Å². The van der Waals surface area contributed by atoms with E-state index >= 15 is 0 Å². The molecule has 0 saturated heterocycles. The van der Waals surface area contributed by atoms with Gasteiger partial charge >= 0.3 is 0 Å². The first kappa shape index (κ1) is 21.5. The van der Waals surface area contributed by atoms with Crippen molar-refractivity contribution in [1.82, 2.24) is 9.88 Å². The molecule has 1 heterocycles. The fraction of sp³-hybridized carbons (Fsp3) is 0.174. The van der Waals surface area contributed by atoms with Crippen molar-refractivity contribution in [3.63, 3.8) is 0 Å². The molecule has 0 aliphatic heterocycles. The molecule has 0 spiro atoms. The summed E-state index contributed by atoms with van der Waals surface area (Å²) in [6.45, 7) is 0.347. The first-order valence-electron chi connectivity index (χ1n) is 9.34. The zero-order valence-electron chi connectivity index (χ0n) is 16.8. The van der Waals surface area contributed by atoms with Crippen LogP contribution < -0.4 is 10.1 Å². The van der Waals surface area contributed by atoms with E-state index in [1.165, 1.54) is 0 Å². The SMILES string of the molecule is COc1cccc(CC(=O)N(C)Cc2cc(Br)ccc2NC(=O)c2ccccn2)c1. The second kappa shape index (κ2) is 10.0. The van der Waals surface area contributed by atoms with Gasteiger partial charge in [0.25, 0.3) is 5.91 Å². The lowest BCUT2D eigenvalue weighted by Gasteiger charge is -2.20. The molecule has 0 aliphatic rings. The van der Waals surface area contributed by atoms with Gasteiger partial charge in [0.15, 0.2) is 0 Å². The number of carbonyl (C=O) groups is 2. The molecule has 2 amide bonds. The van der Waals surface area contributed by atoms with Crippen molar-refractivity contribution in [3.05, 3.63) is 88.2 Å². The summed E-state index contributed by atoms with van der Waals surface area (Å²) < 4.78 is 6.08. The minimum Gasteiger partial charge on any atom is -0.497 e. The van der Waals surface area contributed by atoms with Gasteiger partial charge in [-0.1, -0.05) is 34.1 Å². The van der Waals surface area contributed by atoms with Crippen LogP contribution in [-0.2, 0) is 17.8 Å². The molecule has 0 radical (unpaired) electrons. The lowest BCUT2D eigenvalue weighted by atomic mass is 10.1. The van der Waals surface area contributed by atoms with Crippen LogP contribution in [0.3, 0.4) is 0 Å². The highest BCUT2D eigenvalue weighted by Crippen LogP contribution is 2.23. The maximum Gasteiger partial charge on any atom is 0.274 e. The maximum atomic E-state index is 12.7. The highest BCUT2D eigenvalue weighted by molar-refractivity contribution is 9.10. The first-order valence-corrected chi connectivity index (χ1v) is 10.1. The summed E-state index contributed by atoms with van der Waals surface area (Å²) >= 11 is 3.46. The second-order valence-corrected chi connectivity index (χ2v) is 7.66. The smallest absolute Gasteiger partial charge is 0.274 e. The zero-order valence-corrected chi connectivity index (χ0v) is 18.3. The summed E-state index contributed by atoms with van der Waals surface area (Å²) in [6, 6.07) is 18.2. The molecule has 0 unspecified atom stereocenters. The largest absolute Gasteiger partial charge is 0.497 e. The Hall–Kier alpha value is -3.19. The van der Waals surface area contributed by atoms with Crippen molar-refractivity contribution in [2.75, 3.05) is 19.5 Å². The summed E-state index contributed by atoms with van der Waals surface area (Å²) in [4.78, 5) is 30.9. The third kappa shape index (κ3) is 5.67. The van der Waals surface area contributed by atoms with Crippen LogP contribution >= 0.6 is 15.9 Å². The Balaban J connectivity index is 1.72. The van der Waals surface area contributed by atoms with E-state index in [-0.39, 0.29) is 18.2 Å². The standard InChI is InChI=1S/C23H22BrN3O3/c1-27(22(28)13-16-6-5-7-19(12-16)30-2)15-17-14-18(24)9-10-20(17)26-23(29)21-8-3-4-11-25-21/h3-12,14H,13,15H2,1-2H3,(H,26,29). The number of likely N-dealkylation sites (N-methyl/N-ethyl adjacent to an activating group) is 1. The molecule has 2 aromatic carbocycles. The minimum atomic E-state index is -0.301. The van der Waals surface area contributed by atoms with Gasteiger partial charge in [-0.15, -0.1) is 0 Å². The van der Waals surface area contributed by atoms with E-state index in [1.54, 1.807) is 49.5 Å². The number of ether oxygens (including phenoxy) is 1. The van der Waals surface area contributed by atoms with Gasteiger partial charge in [0.1, 0.15) is 11.4 Å². The number of methoxy groups -OCH3 is 1. The number of amides is 2. The molecule has 0 atom stereocenters. The average Bonchev–Trinajstić information content (AvgIpc) is 2.76. The normalized spacial score (nSPS) is 10.4. The van der Waals surface area contributed by atoms with Crippen molar-refractivity contribution in [2.45, 2.75) is 13.0 Å². The number of benzene rings is 2. The monoisotopic (exact) mass is 467 g/mol. The Labute approximate surface area is 184 Å². The van der Waals surface area contributed by atoms with Crippen LogP contribution in [0.15, 0.2) is 71.3 Å². The Morgan fingerprint density at radius 1 is 1.10 bits per heavy atom.